The van der Waals surface area contributed by atoms with Crippen molar-refractivity contribution in [2.24, 2.45) is 11.7 Å². The maximum atomic E-state index is 13.4. The van der Waals surface area contributed by atoms with Gasteiger partial charge in [-0.2, -0.15) is 0 Å². The number of rotatable bonds is 2. The van der Waals surface area contributed by atoms with Crippen molar-refractivity contribution >= 4 is 15.9 Å². The maximum absolute atomic E-state index is 13.4. The van der Waals surface area contributed by atoms with Gasteiger partial charge in [-0.25, -0.2) is 4.39 Å². The first kappa shape index (κ1) is 13.5. The highest BCUT2D eigenvalue weighted by atomic mass is 79.9. The Labute approximate surface area is 121 Å². The average molecular weight is 328 g/mol. The van der Waals surface area contributed by atoms with Gasteiger partial charge in [-0.15, -0.1) is 0 Å². The molecule has 1 aromatic carbocycles. The van der Waals surface area contributed by atoms with Crippen LogP contribution in [0.5, 0.6) is 0 Å². The van der Waals surface area contributed by atoms with Crippen LogP contribution >= 0.6 is 15.9 Å². The Hall–Kier alpha value is -0.450. The number of ether oxygens (including phenoxy) is 1. The monoisotopic (exact) mass is 327 g/mol. The second kappa shape index (κ2) is 5.15. The zero-order chi connectivity index (χ0) is 13.5. The molecule has 4 heteroatoms. The van der Waals surface area contributed by atoms with Gasteiger partial charge in [-0.05, 0) is 61.8 Å². The van der Waals surface area contributed by atoms with Crippen LogP contribution in [-0.4, -0.2) is 12.2 Å². The van der Waals surface area contributed by atoms with Gasteiger partial charge in [0.2, 0.25) is 0 Å². The summed E-state index contributed by atoms with van der Waals surface area (Å²) in [6, 6.07) is 4.63. The van der Waals surface area contributed by atoms with Crippen LogP contribution in [0.3, 0.4) is 0 Å². The zero-order valence-corrected chi connectivity index (χ0v) is 12.5. The Morgan fingerprint density at radius 2 is 2.21 bits per heavy atom. The van der Waals surface area contributed by atoms with Gasteiger partial charge < -0.3 is 10.5 Å². The van der Waals surface area contributed by atoms with Gasteiger partial charge in [0.1, 0.15) is 5.82 Å². The minimum absolute atomic E-state index is 0.0837. The number of nitrogens with two attached hydrogens (primary N) is 1. The normalized spacial score (nSPS) is 27.0. The molecular weight excluding hydrogens is 309 g/mol. The average Bonchev–Trinajstić information content (AvgIpc) is 2.39. The molecule has 1 saturated heterocycles. The molecule has 2 nitrogen and oxygen atoms in total. The summed E-state index contributed by atoms with van der Waals surface area (Å²) >= 11 is 3.48. The summed E-state index contributed by atoms with van der Waals surface area (Å²) in [5, 5.41) is 0. The van der Waals surface area contributed by atoms with E-state index in [0.29, 0.717) is 5.92 Å². The highest BCUT2D eigenvalue weighted by Crippen LogP contribution is 2.47. The van der Waals surface area contributed by atoms with Crippen molar-refractivity contribution in [3.05, 3.63) is 34.1 Å². The summed E-state index contributed by atoms with van der Waals surface area (Å²) in [4.78, 5) is 0. The SMILES string of the molecule is NC(c1cc(F)ccc1Br)C1CCOC2(CCC2)C1. The van der Waals surface area contributed by atoms with Crippen molar-refractivity contribution in [1.29, 1.82) is 0 Å². The Bertz CT molecular complexity index is 475. The lowest BCUT2D eigenvalue weighted by molar-refractivity contribution is -0.146. The minimum atomic E-state index is -0.223. The van der Waals surface area contributed by atoms with Gasteiger partial charge >= 0.3 is 0 Å². The highest BCUT2D eigenvalue weighted by Gasteiger charge is 2.44. The molecule has 104 valence electrons. The molecule has 2 unspecified atom stereocenters. The summed E-state index contributed by atoms with van der Waals surface area (Å²) in [5.74, 6) is 0.159. The summed E-state index contributed by atoms with van der Waals surface area (Å²) in [5.41, 5.74) is 7.35. The van der Waals surface area contributed by atoms with Crippen molar-refractivity contribution in [2.45, 2.75) is 43.7 Å². The predicted octanol–water partition coefficient (Wildman–Crippen LogP) is 3.94. The lowest BCUT2D eigenvalue weighted by Crippen LogP contribution is -2.47. The highest BCUT2D eigenvalue weighted by molar-refractivity contribution is 9.10. The topological polar surface area (TPSA) is 35.2 Å². The van der Waals surface area contributed by atoms with E-state index >= 15 is 0 Å². The third-order valence-corrected chi connectivity index (χ3v) is 5.34. The van der Waals surface area contributed by atoms with Crippen molar-refractivity contribution in [3.63, 3.8) is 0 Å². The largest absolute Gasteiger partial charge is 0.375 e. The second-order valence-corrected chi connectivity index (χ2v) is 6.68. The van der Waals surface area contributed by atoms with Crippen LogP contribution in [0.2, 0.25) is 0 Å². The van der Waals surface area contributed by atoms with Crippen LogP contribution in [-0.2, 0) is 4.74 Å². The molecule has 0 radical (unpaired) electrons. The van der Waals surface area contributed by atoms with Gasteiger partial charge in [0.05, 0.1) is 5.60 Å². The Balaban J connectivity index is 1.79. The number of hydrogen-bond donors (Lipinski definition) is 1. The van der Waals surface area contributed by atoms with E-state index in [2.05, 4.69) is 15.9 Å². The van der Waals surface area contributed by atoms with Crippen molar-refractivity contribution in [1.82, 2.24) is 0 Å². The molecule has 1 aromatic rings. The van der Waals surface area contributed by atoms with Gasteiger partial charge in [-0.3, -0.25) is 0 Å². The molecule has 19 heavy (non-hydrogen) atoms. The molecule has 3 rings (SSSR count). The lowest BCUT2D eigenvalue weighted by atomic mass is 9.70. The Kier molecular flexibility index (Phi) is 3.67. The summed E-state index contributed by atoms with van der Waals surface area (Å²) in [6.07, 6.45) is 5.54. The molecule has 2 fully saturated rings. The molecule has 2 atom stereocenters. The van der Waals surface area contributed by atoms with Crippen molar-refractivity contribution in [2.75, 3.05) is 6.61 Å². The standard InChI is InChI=1S/C15H19BrFNO/c16-13-3-2-11(17)8-12(13)14(18)10-4-7-19-15(9-10)5-1-6-15/h2-3,8,10,14H,1,4-7,9,18H2. The van der Waals surface area contributed by atoms with Crippen molar-refractivity contribution in [3.8, 4) is 0 Å². The summed E-state index contributed by atoms with van der Waals surface area (Å²) in [7, 11) is 0. The van der Waals surface area contributed by atoms with E-state index in [1.165, 1.54) is 12.5 Å². The molecular formula is C15H19BrFNO. The second-order valence-electron chi connectivity index (χ2n) is 5.83. The van der Waals surface area contributed by atoms with E-state index in [-0.39, 0.29) is 17.5 Å². The van der Waals surface area contributed by atoms with E-state index in [9.17, 15) is 4.39 Å². The fourth-order valence-electron chi connectivity index (χ4n) is 3.32. The first-order chi connectivity index (χ1) is 9.10. The van der Waals surface area contributed by atoms with E-state index < -0.39 is 0 Å². The fourth-order valence-corrected chi connectivity index (χ4v) is 3.83. The first-order valence-corrected chi connectivity index (χ1v) is 7.73. The van der Waals surface area contributed by atoms with E-state index in [4.69, 9.17) is 10.5 Å². The van der Waals surface area contributed by atoms with Crippen LogP contribution in [0.4, 0.5) is 4.39 Å². The first-order valence-electron chi connectivity index (χ1n) is 6.94. The van der Waals surface area contributed by atoms with Gasteiger partial charge in [0.25, 0.3) is 0 Å². The number of halogens is 2. The molecule has 0 amide bonds. The quantitative estimate of drug-likeness (QED) is 0.892. The van der Waals surface area contributed by atoms with E-state index in [1.807, 2.05) is 0 Å². The molecule has 2 N–H and O–H groups in total. The molecule has 1 saturated carbocycles. The number of hydrogen-bond acceptors (Lipinski definition) is 2. The molecule has 1 spiro atoms. The fraction of sp³-hybridized carbons (Fsp3) is 0.600. The molecule has 0 aromatic heterocycles. The van der Waals surface area contributed by atoms with E-state index in [1.54, 1.807) is 12.1 Å². The van der Waals surface area contributed by atoms with Crippen molar-refractivity contribution < 1.29 is 9.13 Å². The van der Waals surface area contributed by atoms with Crippen LogP contribution in [0, 0.1) is 11.7 Å². The third kappa shape index (κ3) is 2.58. The van der Waals surface area contributed by atoms with Crippen LogP contribution < -0.4 is 5.73 Å². The maximum Gasteiger partial charge on any atom is 0.123 e. The van der Waals surface area contributed by atoms with Crippen LogP contribution in [0.1, 0.15) is 43.7 Å². The third-order valence-electron chi connectivity index (χ3n) is 4.62. The molecule has 1 aliphatic carbocycles. The molecule has 0 bridgehead atoms. The summed E-state index contributed by atoms with van der Waals surface area (Å²) < 4.78 is 20.2. The minimum Gasteiger partial charge on any atom is -0.375 e. The Morgan fingerprint density at radius 3 is 2.89 bits per heavy atom. The molecule has 2 aliphatic rings. The smallest absolute Gasteiger partial charge is 0.123 e. The van der Waals surface area contributed by atoms with Gasteiger partial charge in [0, 0.05) is 17.1 Å². The van der Waals surface area contributed by atoms with Crippen LogP contribution in [0.25, 0.3) is 0 Å². The Morgan fingerprint density at radius 1 is 1.42 bits per heavy atom. The number of benzene rings is 1. The van der Waals surface area contributed by atoms with Gasteiger partial charge in [-0.1, -0.05) is 15.9 Å². The predicted molar refractivity (Wildman–Crippen MR) is 76.3 cm³/mol. The lowest BCUT2D eigenvalue weighted by Gasteiger charge is -2.48. The van der Waals surface area contributed by atoms with Crippen LogP contribution in [0.15, 0.2) is 22.7 Å². The molecule has 1 heterocycles. The summed E-state index contributed by atoms with van der Waals surface area (Å²) in [6.45, 7) is 0.783. The van der Waals surface area contributed by atoms with Gasteiger partial charge in [0.15, 0.2) is 0 Å². The zero-order valence-electron chi connectivity index (χ0n) is 10.9. The van der Waals surface area contributed by atoms with E-state index in [0.717, 1.165) is 42.3 Å². The molecule has 1 aliphatic heterocycles.